The van der Waals surface area contributed by atoms with Gasteiger partial charge in [-0.05, 0) is 13.8 Å². The second kappa shape index (κ2) is 1.66. The van der Waals surface area contributed by atoms with Crippen molar-refractivity contribution >= 4 is 11.2 Å². The molecule has 0 radical (unpaired) electrons. The van der Waals surface area contributed by atoms with Gasteiger partial charge in [0.2, 0.25) is 0 Å². The van der Waals surface area contributed by atoms with E-state index in [-0.39, 0.29) is 0 Å². The third-order valence-corrected chi connectivity index (χ3v) is 1.63. The highest BCUT2D eigenvalue weighted by atomic mass is 16.4. The van der Waals surface area contributed by atoms with Crippen LogP contribution in [0.2, 0.25) is 0 Å². The molecule has 0 aromatic carbocycles. The summed E-state index contributed by atoms with van der Waals surface area (Å²) in [5.41, 5.74) is 3.86. The summed E-state index contributed by atoms with van der Waals surface area (Å²) < 4.78 is 10.5. The smallest absolute Gasteiger partial charge is 0.175 e. The largest absolute Gasteiger partial charge is 0.460 e. The minimum Gasteiger partial charge on any atom is -0.460 e. The second-order valence-corrected chi connectivity index (χ2v) is 2.50. The molecule has 2 nitrogen and oxygen atoms in total. The Bertz CT molecular complexity index is 318. The average Bonchev–Trinajstić information content (AvgIpc) is 2.41. The van der Waals surface area contributed by atoms with E-state index in [1.54, 1.807) is 12.5 Å². The van der Waals surface area contributed by atoms with Gasteiger partial charge in [0.05, 0.1) is 12.5 Å². The van der Waals surface area contributed by atoms with Crippen LogP contribution in [0.1, 0.15) is 11.1 Å². The first kappa shape index (κ1) is 5.59. The van der Waals surface area contributed by atoms with Crippen LogP contribution in [0.4, 0.5) is 0 Å². The van der Waals surface area contributed by atoms with Crippen molar-refractivity contribution in [2.75, 3.05) is 0 Å². The summed E-state index contributed by atoms with van der Waals surface area (Å²) in [7, 11) is 0. The van der Waals surface area contributed by atoms with E-state index in [0.29, 0.717) is 0 Å². The summed E-state index contributed by atoms with van der Waals surface area (Å²) in [5.74, 6) is 0. The molecule has 0 bridgehead atoms. The van der Waals surface area contributed by atoms with E-state index in [9.17, 15) is 0 Å². The number of aryl methyl sites for hydroxylation is 2. The predicted molar refractivity (Wildman–Crippen MR) is 38.0 cm³/mol. The Morgan fingerprint density at radius 1 is 0.900 bits per heavy atom. The molecule has 0 atom stereocenters. The van der Waals surface area contributed by atoms with E-state index >= 15 is 0 Å². The van der Waals surface area contributed by atoms with Crippen LogP contribution >= 0.6 is 0 Å². The van der Waals surface area contributed by atoms with Crippen molar-refractivity contribution in [2.24, 2.45) is 0 Å². The number of furan rings is 2. The molecule has 0 aliphatic rings. The van der Waals surface area contributed by atoms with Gasteiger partial charge in [-0.1, -0.05) is 0 Å². The molecule has 0 saturated carbocycles. The molecule has 0 unspecified atom stereocenters. The first-order chi connectivity index (χ1) is 4.79. The zero-order chi connectivity index (χ0) is 7.14. The zero-order valence-corrected chi connectivity index (χ0v) is 5.97. The van der Waals surface area contributed by atoms with Gasteiger partial charge in [0, 0.05) is 11.1 Å². The van der Waals surface area contributed by atoms with E-state index in [0.717, 1.165) is 22.3 Å². The molecule has 10 heavy (non-hydrogen) atoms. The van der Waals surface area contributed by atoms with Crippen molar-refractivity contribution in [2.45, 2.75) is 13.8 Å². The maximum atomic E-state index is 5.23. The van der Waals surface area contributed by atoms with Crippen molar-refractivity contribution in [3.8, 4) is 0 Å². The lowest BCUT2D eigenvalue weighted by Crippen LogP contribution is -1.57. The normalized spacial score (nSPS) is 11.0. The molecular formula is C8H8O2. The van der Waals surface area contributed by atoms with Gasteiger partial charge >= 0.3 is 0 Å². The lowest BCUT2D eigenvalue weighted by molar-refractivity contribution is 0.609. The fourth-order valence-electron chi connectivity index (χ4n) is 1.05. The Morgan fingerprint density at radius 2 is 1.30 bits per heavy atom. The number of hydrogen-bond donors (Lipinski definition) is 0. The Balaban J connectivity index is 2.95. The summed E-state index contributed by atoms with van der Waals surface area (Å²) in [6, 6.07) is 0. The Kier molecular flexibility index (Phi) is 0.926. The molecule has 52 valence electrons. The molecule has 2 rings (SSSR count). The van der Waals surface area contributed by atoms with Crippen LogP contribution in [-0.4, -0.2) is 0 Å². The molecule has 2 aromatic rings. The first-order valence-corrected chi connectivity index (χ1v) is 3.21. The van der Waals surface area contributed by atoms with Crippen LogP contribution in [0.5, 0.6) is 0 Å². The van der Waals surface area contributed by atoms with Gasteiger partial charge in [-0.25, -0.2) is 0 Å². The van der Waals surface area contributed by atoms with E-state index in [1.165, 1.54) is 0 Å². The summed E-state index contributed by atoms with van der Waals surface area (Å²) in [6.07, 6.45) is 3.42. The van der Waals surface area contributed by atoms with E-state index in [4.69, 9.17) is 8.83 Å². The van der Waals surface area contributed by atoms with E-state index in [1.807, 2.05) is 13.8 Å². The van der Waals surface area contributed by atoms with Crippen LogP contribution in [0.3, 0.4) is 0 Å². The van der Waals surface area contributed by atoms with Crippen LogP contribution in [0, 0.1) is 13.8 Å². The number of fused-ring (bicyclic) bond motifs is 1. The molecular weight excluding hydrogens is 128 g/mol. The topological polar surface area (TPSA) is 26.3 Å². The van der Waals surface area contributed by atoms with Crippen LogP contribution < -0.4 is 0 Å². The summed E-state index contributed by atoms with van der Waals surface area (Å²) in [6.45, 7) is 3.93. The number of hydrogen-bond acceptors (Lipinski definition) is 2. The quantitative estimate of drug-likeness (QED) is 0.556. The van der Waals surface area contributed by atoms with Gasteiger partial charge in [-0.3, -0.25) is 0 Å². The standard InChI is InChI=1S/C8H8O2/c1-5-3-9-8-6(2)4-10-7(5)8/h3-4H,1-2H3. The predicted octanol–water partition coefficient (Wildman–Crippen LogP) is 2.64. The minimum atomic E-state index is 0.873. The monoisotopic (exact) mass is 136 g/mol. The highest BCUT2D eigenvalue weighted by Crippen LogP contribution is 2.24. The third kappa shape index (κ3) is 0.533. The molecule has 2 heterocycles. The van der Waals surface area contributed by atoms with E-state index in [2.05, 4.69) is 0 Å². The molecule has 0 fully saturated rings. The molecule has 2 heteroatoms. The van der Waals surface area contributed by atoms with Crippen molar-refractivity contribution in [3.63, 3.8) is 0 Å². The van der Waals surface area contributed by atoms with Gasteiger partial charge in [0.1, 0.15) is 0 Å². The summed E-state index contributed by atoms with van der Waals surface area (Å²) in [5, 5.41) is 0. The highest BCUT2D eigenvalue weighted by Gasteiger charge is 2.07. The number of rotatable bonds is 0. The minimum absolute atomic E-state index is 0.873. The molecule has 0 amide bonds. The fourth-order valence-corrected chi connectivity index (χ4v) is 1.05. The Labute approximate surface area is 58.4 Å². The molecule has 0 saturated heterocycles. The molecule has 2 aromatic heterocycles. The van der Waals surface area contributed by atoms with Crippen molar-refractivity contribution < 1.29 is 8.83 Å². The summed E-state index contributed by atoms with van der Waals surface area (Å²) >= 11 is 0. The van der Waals surface area contributed by atoms with Gasteiger partial charge in [0.15, 0.2) is 11.2 Å². The zero-order valence-electron chi connectivity index (χ0n) is 5.97. The van der Waals surface area contributed by atoms with Gasteiger partial charge < -0.3 is 8.83 Å². The van der Waals surface area contributed by atoms with Gasteiger partial charge in [-0.2, -0.15) is 0 Å². The van der Waals surface area contributed by atoms with Crippen molar-refractivity contribution in [1.82, 2.24) is 0 Å². The maximum Gasteiger partial charge on any atom is 0.175 e. The van der Waals surface area contributed by atoms with Crippen molar-refractivity contribution in [1.29, 1.82) is 0 Å². The summed E-state index contributed by atoms with van der Waals surface area (Å²) in [4.78, 5) is 0. The molecule has 0 aliphatic carbocycles. The average molecular weight is 136 g/mol. The van der Waals surface area contributed by atoms with Crippen LogP contribution in [0.25, 0.3) is 11.2 Å². The third-order valence-electron chi connectivity index (χ3n) is 1.63. The lowest BCUT2D eigenvalue weighted by atomic mass is 10.3. The van der Waals surface area contributed by atoms with Crippen molar-refractivity contribution in [3.05, 3.63) is 23.7 Å². The van der Waals surface area contributed by atoms with Crippen LogP contribution in [0.15, 0.2) is 21.4 Å². The Hall–Kier alpha value is -1.18. The fraction of sp³-hybridized carbons (Fsp3) is 0.250. The molecule has 0 spiro atoms. The second-order valence-electron chi connectivity index (χ2n) is 2.50. The maximum absolute atomic E-state index is 5.23. The molecule has 0 aliphatic heterocycles. The Morgan fingerprint density at radius 3 is 1.70 bits per heavy atom. The first-order valence-electron chi connectivity index (χ1n) is 3.21. The molecule has 0 N–H and O–H groups in total. The highest BCUT2D eigenvalue weighted by molar-refractivity contribution is 5.77. The van der Waals surface area contributed by atoms with Crippen LogP contribution in [-0.2, 0) is 0 Å². The lowest BCUT2D eigenvalue weighted by Gasteiger charge is -1.73. The SMILES string of the molecule is Cc1coc2c(C)coc12. The van der Waals surface area contributed by atoms with Gasteiger partial charge in [-0.15, -0.1) is 0 Å². The van der Waals surface area contributed by atoms with E-state index < -0.39 is 0 Å². The van der Waals surface area contributed by atoms with Gasteiger partial charge in [0.25, 0.3) is 0 Å².